The van der Waals surface area contributed by atoms with Gasteiger partial charge in [0, 0.05) is 43.6 Å². The van der Waals surface area contributed by atoms with Crippen molar-refractivity contribution < 1.29 is 26.7 Å². The molecule has 214 valence electrons. The molecule has 1 aromatic heterocycles. The average Bonchev–Trinajstić information content (AvgIpc) is 3.58. The highest BCUT2D eigenvalue weighted by Gasteiger charge is 2.31. The van der Waals surface area contributed by atoms with Crippen molar-refractivity contribution in [3.63, 3.8) is 0 Å². The van der Waals surface area contributed by atoms with Crippen molar-refractivity contribution in [2.24, 2.45) is 0 Å². The first-order valence-electron chi connectivity index (χ1n) is 13.4. The molecule has 2 aliphatic heterocycles. The lowest BCUT2D eigenvalue weighted by Crippen LogP contribution is -2.41. The maximum Gasteiger partial charge on any atom is 0.274 e. The molecule has 2 fully saturated rings. The van der Waals surface area contributed by atoms with E-state index < -0.39 is 20.9 Å². The molecule has 2 unspecified atom stereocenters. The largest absolute Gasteiger partial charge is 0.378 e. The van der Waals surface area contributed by atoms with Gasteiger partial charge in [-0.3, -0.25) is 9.69 Å². The van der Waals surface area contributed by atoms with Crippen LogP contribution in [-0.4, -0.2) is 93.6 Å². The predicted octanol–water partition coefficient (Wildman–Crippen LogP) is 2.77. The van der Waals surface area contributed by atoms with Gasteiger partial charge in [-0.2, -0.15) is 5.10 Å². The van der Waals surface area contributed by atoms with Gasteiger partial charge in [0.15, 0.2) is 26.6 Å². The Morgan fingerprint density at radius 2 is 1.80 bits per heavy atom. The van der Waals surface area contributed by atoms with Crippen LogP contribution in [0.3, 0.4) is 0 Å². The summed E-state index contributed by atoms with van der Waals surface area (Å²) in [4.78, 5) is 17.7. The van der Waals surface area contributed by atoms with E-state index in [1.807, 2.05) is 31.2 Å². The number of rotatable bonds is 8. The number of amides is 1. The quantitative estimate of drug-likeness (QED) is 0.400. The number of hydrogen-bond donors (Lipinski definition) is 1. The van der Waals surface area contributed by atoms with Crippen molar-refractivity contribution >= 4 is 26.8 Å². The normalized spacial score (nSPS) is 19.2. The Kier molecular flexibility index (Phi) is 8.52. The Balaban J connectivity index is 1.53. The summed E-state index contributed by atoms with van der Waals surface area (Å²) in [5.74, 6) is -0.186. The summed E-state index contributed by atoms with van der Waals surface area (Å²) in [5.41, 5.74) is 3.93. The van der Waals surface area contributed by atoms with Crippen LogP contribution in [0.1, 0.15) is 35.0 Å². The van der Waals surface area contributed by atoms with Crippen molar-refractivity contribution in [1.82, 2.24) is 19.6 Å². The molecule has 1 amide bonds. The summed E-state index contributed by atoms with van der Waals surface area (Å²) < 4.78 is 53.3. The smallest absolute Gasteiger partial charge is 0.274 e. The Morgan fingerprint density at radius 1 is 1.10 bits per heavy atom. The first-order valence-corrected chi connectivity index (χ1v) is 16.4. The molecule has 3 heterocycles. The van der Waals surface area contributed by atoms with Gasteiger partial charge < -0.3 is 14.2 Å². The molecular formula is C28H34N4O6S2. The third kappa shape index (κ3) is 5.91. The maximum absolute atomic E-state index is 13.6. The van der Waals surface area contributed by atoms with E-state index in [4.69, 9.17) is 9.84 Å². The number of benzene rings is 2. The number of hydrogen-bond acceptors (Lipinski definition) is 7. The van der Waals surface area contributed by atoms with Crippen molar-refractivity contribution in [2.75, 3.05) is 45.6 Å². The van der Waals surface area contributed by atoms with E-state index in [0.29, 0.717) is 80.4 Å². The summed E-state index contributed by atoms with van der Waals surface area (Å²) in [7, 11) is -3.06. The molecular weight excluding hydrogens is 552 g/mol. The molecule has 2 aliphatic rings. The number of nitrogens with zero attached hydrogens (tertiary/aromatic N) is 4. The fraction of sp³-hybridized carbons (Fsp3) is 0.429. The first kappa shape index (κ1) is 28.6. The Labute approximate surface area is 237 Å². The summed E-state index contributed by atoms with van der Waals surface area (Å²) in [6, 6.07) is 14.7. The van der Waals surface area contributed by atoms with Crippen LogP contribution in [0.15, 0.2) is 53.4 Å². The van der Waals surface area contributed by atoms with Crippen LogP contribution in [0.5, 0.6) is 0 Å². The minimum Gasteiger partial charge on any atom is -0.378 e. The van der Waals surface area contributed by atoms with Crippen LogP contribution < -0.4 is 0 Å². The molecule has 12 heteroatoms. The molecule has 0 radical (unpaired) electrons. The molecule has 3 aromatic rings. The topological polar surface area (TPSA) is 122 Å². The number of aromatic nitrogens is 2. The first-order chi connectivity index (χ1) is 19.2. The molecule has 2 atom stereocenters. The molecule has 2 aromatic carbocycles. The number of likely N-dealkylation sites (tertiary alicyclic amines) is 1. The fourth-order valence-corrected chi connectivity index (χ4v) is 7.01. The summed E-state index contributed by atoms with van der Waals surface area (Å²) in [5, 5.41) is 4.47. The van der Waals surface area contributed by atoms with E-state index in [-0.39, 0.29) is 16.1 Å². The number of carbonyl (C=O) groups is 1. The molecule has 1 N–H and O–H groups in total. The summed E-state index contributed by atoms with van der Waals surface area (Å²) in [6.45, 7) is 5.72. The molecule has 0 spiro atoms. The Morgan fingerprint density at radius 3 is 2.42 bits per heavy atom. The zero-order valence-corrected chi connectivity index (χ0v) is 24.3. The molecule has 5 rings (SSSR count). The summed E-state index contributed by atoms with van der Waals surface area (Å²) >= 11 is -2.24. The molecule has 0 saturated carbocycles. The van der Waals surface area contributed by atoms with Crippen LogP contribution in [-0.2, 0) is 38.6 Å². The zero-order chi connectivity index (χ0) is 28.4. The van der Waals surface area contributed by atoms with E-state index in [0.717, 1.165) is 12.1 Å². The van der Waals surface area contributed by atoms with Crippen LogP contribution >= 0.6 is 0 Å². The number of morpholine rings is 1. The second-order valence-corrected chi connectivity index (χ2v) is 13.5. The van der Waals surface area contributed by atoms with E-state index in [1.165, 1.54) is 6.26 Å². The minimum absolute atomic E-state index is 0.186. The molecule has 2 saturated heterocycles. The van der Waals surface area contributed by atoms with E-state index in [9.17, 15) is 22.0 Å². The SMILES string of the molecule is CCc1c(C(=O)N2CCOCC2)nn(-c2ccc(CN3CCC(S(C)(=O)=O)C3)cc2)c1-c1ccccc1S(=O)O. The zero-order valence-electron chi connectivity index (χ0n) is 22.7. The van der Waals surface area contributed by atoms with Gasteiger partial charge in [0.1, 0.15) is 0 Å². The van der Waals surface area contributed by atoms with Gasteiger partial charge in [-0.25, -0.2) is 17.3 Å². The van der Waals surface area contributed by atoms with Gasteiger partial charge in [-0.15, -0.1) is 0 Å². The standard InChI is InChI=1S/C28H34N4O6S2/c1-3-23-26(28(33)31-14-16-38-17-15-31)29-32(27(23)24-6-4-5-7-25(24)39(34)35)21-10-8-20(9-11-21)18-30-13-12-22(19-30)40(2,36)37/h4-11,22H,3,12-19H2,1-2H3,(H,34,35). The van der Waals surface area contributed by atoms with Gasteiger partial charge in [-0.1, -0.05) is 37.3 Å². The lowest BCUT2D eigenvalue weighted by atomic mass is 10.0. The second-order valence-electron chi connectivity index (χ2n) is 10.2. The molecule has 0 bridgehead atoms. The van der Waals surface area contributed by atoms with Crippen molar-refractivity contribution in [2.45, 2.75) is 36.5 Å². The highest BCUT2D eigenvalue weighted by molar-refractivity contribution is 7.91. The average molecular weight is 587 g/mol. The maximum atomic E-state index is 13.6. The van der Waals surface area contributed by atoms with Crippen molar-refractivity contribution in [1.29, 1.82) is 0 Å². The highest BCUT2D eigenvalue weighted by atomic mass is 32.2. The van der Waals surface area contributed by atoms with Gasteiger partial charge in [0.2, 0.25) is 0 Å². The van der Waals surface area contributed by atoms with E-state index >= 15 is 0 Å². The number of ether oxygens (including phenoxy) is 1. The van der Waals surface area contributed by atoms with E-state index in [2.05, 4.69) is 4.90 Å². The molecule has 0 aliphatic carbocycles. The van der Waals surface area contributed by atoms with Crippen molar-refractivity contribution in [3.8, 4) is 16.9 Å². The van der Waals surface area contributed by atoms with Crippen LogP contribution in [0.2, 0.25) is 0 Å². The monoisotopic (exact) mass is 586 g/mol. The van der Waals surface area contributed by atoms with Gasteiger partial charge in [-0.05, 0) is 43.1 Å². The third-order valence-electron chi connectivity index (χ3n) is 7.59. The lowest BCUT2D eigenvalue weighted by molar-refractivity contribution is 0.0298. The van der Waals surface area contributed by atoms with Crippen molar-refractivity contribution in [3.05, 3.63) is 65.4 Å². The van der Waals surface area contributed by atoms with Crippen LogP contribution in [0.25, 0.3) is 16.9 Å². The van der Waals surface area contributed by atoms with Crippen LogP contribution in [0.4, 0.5) is 0 Å². The van der Waals surface area contributed by atoms with E-state index in [1.54, 1.807) is 33.8 Å². The van der Waals surface area contributed by atoms with Gasteiger partial charge in [0.05, 0.1) is 34.7 Å². The van der Waals surface area contributed by atoms with Crippen LogP contribution in [0, 0.1) is 0 Å². The molecule has 10 nitrogen and oxygen atoms in total. The molecule has 40 heavy (non-hydrogen) atoms. The highest BCUT2D eigenvalue weighted by Crippen LogP contribution is 2.34. The minimum atomic E-state index is -3.06. The predicted molar refractivity (Wildman–Crippen MR) is 153 cm³/mol. The second kappa shape index (κ2) is 11.9. The fourth-order valence-electron chi connectivity index (χ4n) is 5.44. The lowest BCUT2D eigenvalue weighted by Gasteiger charge is -2.26. The summed E-state index contributed by atoms with van der Waals surface area (Å²) in [6.07, 6.45) is 2.44. The van der Waals surface area contributed by atoms with Gasteiger partial charge in [0.25, 0.3) is 5.91 Å². The number of carbonyl (C=O) groups excluding carboxylic acids is 1. The number of sulfone groups is 1. The Bertz CT molecular complexity index is 1510. The van der Waals surface area contributed by atoms with Gasteiger partial charge >= 0.3 is 0 Å². The third-order valence-corrected chi connectivity index (χ3v) is 9.92. The Hall–Kier alpha value is -2.90.